The molecule has 0 spiro atoms. The smallest absolute Gasteiger partial charge is 0.332 e. The summed E-state index contributed by atoms with van der Waals surface area (Å²) in [5.41, 5.74) is 0.363. The quantitative estimate of drug-likeness (QED) is 0.507. The highest BCUT2D eigenvalue weighted by molar-refractivity contribution is 5.90. The number of hydrogen-bond acceptors (Lipinski definition) is 5. The van der Waals surface area contributed by atoms with Gasteiger partial charge in [0.05, 0.1) is 18.1 Å². The summed E-state index contributed by atoms with van der Waals surface area (Å²) in [5.74, 6) is -0.264. The number of esters is 1. The minimum atomic E-state index is -1.15. The predicted octanol–water partition coefficient (Wildman–Crippen LogP) is 1.65. The van der Waals surface area contributed by atoms with Crippen molar-refractivity contribution in [1.29, 1.82) is 0 Å². The average Bonchev–Trinajstić information content (AvgIpc) is 3.14. The maximum atomic E-state index is 12.7. The van der Waals surface area contributed by atoms with Gasteiger partial charge in [0.1, 0.15) is 5.54 Å². The second kappa shape index (κ2) is 6.02. The van der Waals surface area contributed by atoms with E-state index in [4.69, 9.17) is 4.74 Å². The summed E-state index contributed by atoms with van der Waals surface area (Å²) in [6.07, 6.45) is 0.514. The van der Waals surface area contributed by atoms with Crippen molar-refractivity contribution < 1.29 is 19.2 Å². The normalized spacial score (nSPS) is 25.0. The Morgan fingerprint density at radius 3 is 2.64 bits per heavy atom. The third-order valence-corrected chi connectivity index (χ3v) is 5.19. The van der Waals surface area contributed by atoms with Crippen molar-refractivity contribution >= 4 is 17.7 Å². The van der Waals surface area contributed by atoms with Gasteiger partial charge in [-0.05, 0) is 17.0 Å². The van der Waals surface area contributed by atoms with Gasteiger partial charge in [-0.1, -0.05) is 19.9 Å². The molecule has 134 valence electrons. The Bertz CT molecular complexity index is 748. The minimum absolute atomic E-state index is 0.0228. The van der Waals surface area contributed by atoms with E-state index >= 15 is 0 Å². The van der Waals surface area contributed by atoms with Crippen LogP contribution in [0.3, 0.4) is 0 Å². The molecule has 0 aromatic heterocycles. The van der Waals surface area contributed by atoms with Gasteiger partial charge in [-0.25, -0.2) is 9.59 Å². The van der Waals surface area contributed by atoms with E-state index in [0.717, 1.165) is 5.56 Å². The second-order valence-electron chi connectivity index (χ2n) is 7.00. The molecular weight excluding hydrogens is 326 g/mol. The number of fused-ring (bicyclic) bond motifs is 1. The van der Waals surface area contributed by atoms with Crippen LogP contribution in [0.2, 0.25) is 0 Å². The van der Waals surface area contributed by atoms with Gasteiger partial charge < -0.3 is 15.0 Å². The van der Waals surface area contributed by atoms with E-state index < -0.39 is 16.4 Å². The molecule has 1 fully saturated rings. The molecule has 1 unspecified atom stereocenters. The van der Waals surface area contributed by atoms with Gasteiger partial charge in [-0.3, -0.25) is 10.1 Å². The molecule has 0 saturated carbocycles. The Hall–Kier alpha value is -2.64. The Balaban J connectivity index is 1.98. The molecule has 3 rings (SSSR count). The van der Waals surface area contributed by atoms with Crippen molar-refractivity contribution in [2.45, 2.75) is 38.3 Å². The van der Waals surface area contributed by atoms with Crippen LogP contribution in [-0.2, 0) is 22.4 Å². The van der Waals surface area contributed by atoms with E-state index in [1.807, 2.05) is 13.8 Å². The van der Waals surface area contributed by atoms with Crippen LogP contribution in [0.25, 0.3) is 0 Å². The van der Waals surface area contributed by atoms with Crippen LogP contribution in [0.5, 0.6) is 0 Å². The van der Waals surface area contributed by atoms with Crippen molar-refractivity contribution in [3.8, 4) is 0 Å². The molecule has 1 saturated heterocycles. The summed E-state index contributed by atoms with van der Waals surface area (Å²) in [6.45, 7) is 4.42. The van der Waals surface area contributed by atoms with Crippen LogP contribution in [0.4, 0.5) is 10.5 Å². The summed E-state index contributed by atoms with van der Waals surface area (Å²) in [6, 6.07) is 4.21. The number of urea groups is 1. The van der Waals surface area contributed by atoms with Gasteiger partial charge >= 0.3 is 12.0 Å². The Kier molecular flexibility index (Phi) is 4.14. The summed E-state index contributed by atoms with van der Waals surface area (Å²) >= 11 is 0. The zero-order valence-corrected chi connectivity index (χ0v) is 14.4. The summed E-state index contributed by atoms with van der Waals surface area (Å²) in [4.78, 5) is 37.3. The SMILES string of the molecule is COC(=O)C1(N2C[C@@H](C(C)C)NC2=O)Cc2ccc([N+](=O)[O-])cc2C1. The number of rotatable bonds is 4. The molecule has 8 heteroatoms. The summed E-state index contributed by atoms with van der Waals surface area (Å²) in [5, 5.41) is 13.9. The first-order valence-corrected chi connectivity index (χ1v) is 8.21. The minimum Gasteiger partial charge on any atom is -0.467 e. The Morgan fingerprint density at radius 1 is 1.40 bits per heavy atom. The molecule has 1 aromatic rings. The molecule has 0 radical (unpaired) electrons. The maximum Gasteiger partial charge on any atom is 0.332 e. The lowest BCUT2D eigenvalue weighted by Gasteiger charge is -2.35. The van der Waals surface area contributed by atoms with Crippen LogP contribution < -0.4 is 5.32 Å². The maximum absolute atomic E-state index is 12.7. The molecule has 1 aromatic carbocycles. The molecule has 1 aliphatic heterocycles. The van der Waals surface area contributed by atoms with Crippen LogP contribution in [0, 0.1) is 16.0 Å². The fourth-order valence-corrected chi connectivity index (χ4v) is 3.70. The number of hydrogen-bond donors (Lipinski definition) is 1. The zero-order chi connectivity index (χ0) is 18.4. The first kappa shape index (κ1) is 17.2. The standard InChI is InChI=1S/C17H21N3O5/c1-10(2)14-9-19(16(22)18-14)17(15(21)25-3)7-11-4-5-13(20(23)24)6-12(11)8-17/h4-6,10,14H,7-9H2,1-3H3,(H,18,22)/t14-,17?/m0/s1. The van der Waals surface area contributed by atoms with E-state index in [9.17, 15) is 19.7 Å². The molecule has 2 aliphatic rings. The first-order chi connectivity index (χ1) is 11.8. The molecule has 25 heavy (non-hydrogen) atoms. The Morgan fingerprint density at radius 2 is 2.08 bits per heavy atom. The lowest BCUT2D eigenvalue weighted by Crippen LogP contribution is -2.57. The first-order valence-electron chi connectivity index (χ1n) is 8.21. The van der Waals surface area contributed by atoms with Crippen molar-refractivity contribution in [1.82, 2.24) is 10.2 Å². The lowest BCUT2D eigenvalue weighted by molar-refractivity contribution is -0.384. The number of amides is 2. The third-order valence-electron chi connectivity index (χ3n) is 5.19. The Labute approximate surface area is 145 Å². The fourth-order valence-electron chi connectivity index (χ4n) is 3.70. The fraction of sp³-hybridized carbons (Fsp3) is 0.529. The van der Waals surface area contributed by atoms with E-state index in [1.165, 1.54) is 24.1 Å². The van der Waals surface area contributed by atoms with E-state index in [-0.39, 0.29) is 30.1 Å². The highest BCUT2D eigenvalue weighted by Gasteiger charge is 2.54. The highest BCUT2D eigenvalue weighted by atomic mass is 16.6. The predicted molar refractivity (Wildman–Crippen MR) is 89.1 cm³/mol. The van der Waals surface area contributed by atoms with Crippen molar-refractivity contribution in [2.24, 2.45) is 5.92 Å². The number of nitro benzene ring substituents is 1. The number of benzene rings is 1. The topological polar surface area (TPSA) is 102 Å². The molecule has 2 amide bonds. The number of carbonyl (C=O) groups is 2. The summed E-state index contributed by atoms with van der Waals surface area (Å²) < 4.78 is 5.01. The molecule has 1 aliphatic carbocycles. The number of ether oxygens (including phenoxy) is 1. The molecule has 8 nitrogen and oxygen atoms in total. The van der Waals surface area contributed by atoms with Gasteiger partial charge in [-0.15, -0.1) is 0 Å². The number of non-ortho nitro benzene ring substituents is 1. The van der Waals surface area contributed by atoms with Gasteiger partial charge in [-0.2, -0.15) is 0 Å². The molecule has 1 N–H and O–H groups in total. The van der Waals surface area contributed by atoms with Crippen molar-refractivity contribution in [3.05, 3.63) is 39.4 Å². The molecule has 0 bridgehead atoms. The van der Waals surface area contributed by atoms with Crippen LogP contribution in [0.1, 0.15) is 25.0 Å². The van der Waals surface area contributed by atoms with E-state index in [2.05, 4.69) is 5.32 Å². The van der Waals surface area contributed by atoms with E-state index in [1.54, 1.807) is 6.07 Å². The highest BCUT2D eigenvalue weighted by Crippen LogP contribution is 2.39. The zero-order valence-electron chi connectivity index (χ0n) is 14.4. The molecule has 2 atom stereocenters. The second-order valence-corrected chi connectivity index (χ2v) is 7.00. The average molecular weight is 347 g/mol. The molecular formula is C17H21N3O5. The number of nitrogens with one attached hydrogen (secondary N) is 1. The van der Waals surface area contributed by atoms with Gasteiger partial charge in [0.2, 0.25) is 0 Å². The summed E-state index contributed by atoms with van der Waals surface area (Å²) in [7, 11) is 1.30. The van der Waals surface area contributed by atoms with Gasteiger partial charge in [0, 0.05) is 31.5 Å². The number of nitrogens with zero attached hydrogens (tertiary/aromatic N) is 2. The lowest BCUT2D eigenvalue weighted by atomic mass is 9.92. The number of carbonyl (C=O) groups excluding carboxylic acids is 2. The van der Waals surface area contributed by atoms with Gasteiger partial charge in [0.25, 0.3) is 5.69 Å². The number of nitro groups is 1. The molecule has 1 heterocycles. The van der Waals surface area contributed by atoms with Gasteiger partial charge in [0.15, 0.2) is 0 Å². The monoisotopic (exact) mass is 347 g/mol. The van der Waals surface area contributed by atoms with Crippen molar-refractivity contribution in [2.75, 3.05) is 13.7 Å². The van der Waals surface area contributed by atoms with E-state index in [0.29, 0.717) is 18.5 Å². The van der Waals surface area contributed by atoms with Crippen molar-refractivity contribution in [3.63, 3.8) is 0 Å². The third kappa shape index (κ3) is 2.71. The van der Waals surface area contributed by atoms with Crippen LogP contribution in [0.15, 0.2) is 18.2 Å². The van der Waals surface area contributed by atoms with Crippen LogP contribution >= 0.6 is 0 Å². The largest absolute Gasteiger partial charge is 0.467 e. The number of methoxy groups -OCH3 is 1. The van der Waals surface area contributed by atoms with Crippen LogP contribution in [-0.4, -0.2) is 47.1 Å².